The van der Waals surface area contributed by atoms with Gasteiger partial charge in [-0.2, -0.15) is 5.10 Å². The SMILES string of the molecule is CCCc1nn(C)c(C(N)=S)c1N. The standard InChI is InChI=1S/C8H14N4S/c1-3-4-5-6(9)7(8(10)13)12(2)11-5/h3-4,9H2,1-2H3,(H2,10,13). The van der Waals surface area contributed by atoms with Crippen LogP contribution < -0.4 is 11.5 Å². The van der Waals surface area contributed by atoms with E-state index in [-0.39, 0.29) is 0 Å². The summed E-state index contributed by atoms with van der Waals surface area (Å²) in [4.78, 5) is 0.301. The average Bonchev–Trinajstić information content (AvgIpc) is 2.28. The minimum Gasteiger partial charge on any atom is -0.395 e. The van der Waals surface area contributed by atoms with Crippen molar-refractivity contribution in [3.63, 3.8) is 0 Å². The zero-order valence-corrected chi connectivity index (χ0v) is 8.69. The van der Waals surface area contributed by atoms with E-state index < -0.39 is 0 Å². The molecule has 0 bridgehead atoms. The highest BCUT2D eigenvalue weighted by Gasteiger charge is 2.13. The summed E-state index contributed by atoms with van der Waals surface area (Å²) in [6, 6.07) is 0. The smallest absolute Gasteiger partial charge is 0.124 e. The molecule has 0 aliphatic carbocycles. The number of hydrogen-bond acceptors (Lipinski definition) is 3. The van der Waals surface area contributed by atoms with Crippen molar-refractivity contribution in [3.05, 3.63) is 11.4 Å². The van der Waals surface area contributed by atoms with E-state index in [0.717, 1.165) is 18.5 Å². The Labute approximate surface area is 82.9 Å². The Bertz CT molecular complexity index is 329. The summed E-state index contributed by atoms with van der Waals surface area (Å²) in [5.41, 5.74) is 13.5. The molecule has 4 nitrogen and oxygen atoms in total. The van der Waals surface area contributed by atoms with E-state index in [9.17, 15) is 0 Å². The normalized spacial score (nSPS) is 10.3. The molecule has 0 fully saturated rings. The van der Waals surface area contributed by atoms with E-state index in [1.54, 1.807) is 11.7 Å². The van der Waals surface area contributed by atoms with Crippen LogP contribution in [-0.4, -0.2) is 14.8 Å². The zero-order valence-electron chi connectivity index (χ0n) is 7.87. The van der Waals surface area contributed by atoms with Crippen molar-refractivity contribution in [2.45, 2.75) is 19.8 Å². The second-order valence-corrected chi connectivity index (χ2v) is 3.39. The van der Waals surface area contributed by atoms with Gasteiger partial charge in [0.05, 0.1) is 11.4 Å². The largest absolute Gasteiger partial charge is 0.395 e. The Kier molecular flexibility index (Phi) is 2.87. The molecule has 0 spiro atoms. The third kappa shape index (κ3) is 1.80. The van der Waals surface area contributed by atoms with Crippen LogP contribution in [-0.2, 0) is 13.5 Å². The van der Waals surface area contributed by atoms with Gasteiger partial charge in [0, 0.05) is 7.05 Å². The fourth-order valence-corrected chi connectivity index (χ4v) is 1.55. The molecule has 13 heavy (non-hydrogen) atoms. The third-order valence-corrected chi connectivity index (χ3v) is 2.07. The molecule has 4 N–H and O–H groups in total. The van der Waals surface area contributed by atoms with Gasteiger partial charge in [0.15, 0.2) is 0 Å². The molecule has 0 aromatic carbocycles. The first-order valence-corrected chi connectivity index (χ1v) is 4.59. The summed E-state index contributed by atoms with van der Waals surface area (Å²) in [6.07, 6.45) is 1.88. The number of nitrogens with zero attached hydrogens (tertiary/aromatic N) is 2. The second kappa shape index (κ2) is 3.74. The summed E-state index contributed by atoms with van der Waals surface area (Å²) in [5.74, 6) is 0. The number of nitrogen functional groups attached to an aromatic ring is 1. The van der Waals surface area contributed by atoms with Crippen LogP contribution in [0.4, 0.5) is 5.69 Å². The third-order valence-electron chi connectivity index (χ3n) is 1.88. The Morgan fingerprint density at radius 3 is 2.62 bits per heavy atom. The van der Waals surface area contributed by atoms with Gasteiger partial charge >= 0.3 is 0 Å². The minimum atomic E-state index is 0.301. The van der Waals surface area contributed by atoms with Crippen LogP contribution in [0.3, 0.4) is 0 Å². The van der Waals surface area contributed by atoms with E-state index in [0.29, 0.717) is 16.4 Å². The molecule has 1 rings (SSSR count). The molecule has 1 aromatic heterocycles. The first-order chi connectivity index (χ1) is 6.07. The fraction of sp³-hybridized carbons (Fsp3) is 0.500. The summed E-state index contributed by atoms with van der Waals surface area (Å²) in [5, 5.41) is 4.25. The average molecular weight is 198 g/mol. The van der Waals surface area contributed by atoms with Crippen LogP contribution in [0.15, 0.2) is 0 Å². The molecule has 0 atom stereocenters. The Balaban J connectivity index is 3.14. The van der Waals surface area contributed by atoms with Crippen molar-refractivity contribution in [3.8, 4) is 0 Å². The van der Waals surface area contributed by atoms with Crippen LogP contribution >= 0.6 is 12.2 Å². The molecule has 0 aliphatic rings. The van der Waals surface area contributed by atoms with Crippen molar-refractivity contribution >= 4 is 22.9 Å². The highest BCUT2D eigenvalue weighted by atomic mass is 32.1. The van der Waals surface area contributed by atoms with Crippen molar-refractivity contribution in [1.29, 1.82) is 0 Å². The predicted octanol–water partition coefficient (Wildman–Crippen LogP) is 0.589. The highest BCUT2D eigenvalue weighted by Crippen LogP contribution is 2.17. The maximum Gasteiger partial charge on any atom is 0.124 e. The van der Waals surface area contributed by atoms with E-state index in [1.807, 2.05) is 0 Å². The van der Waals surface area contributed by atoms with E-state index >= 15 is 0 Å². The lowest BCUT2D eigenvalue weighted by Gasteiger charge is -1.98. The van der Waals surface area contributed by atoms with E-state index in [1.165, 1.54) is 0 Å². The summed E-state index contributed by atoms with van der Waals surface area (Å²) in [6.45, 7) is 2.08. The molecule has 5 heteroatoms. The maximum absolute atomic E-state index is 5.84. The van der Waals surface area contributed by atoms with Gasteiger partial charge in [-0.25, -0.2) is 0 Å². The van der Waals surface area contributed by atoms with Gasteiger partial charge in [-0.15, -0.1) is 0 Å². The molecule has 0 aliphatic heterocycles. The number of thiocarbonyl (C=S) groups is 1. The number of rotatable bonds is 3. The van der Waals surface area contributed by atoms with Crippen LogP contribution in [0, 0.1) is 0 Å². The van der Waals surface area contributed by atoms with Gasteiger partial charge < -0.3 is 11.5 Å². The van der Waals surface area contributed by atoms with Gasteiger partial charge in [-0.05, 0) is 6.42 Å². The molecular formula is C8H14N4S. The molecule has 0 saturated carbocycles. The lowest BCUT2D eigenvalue weighted by atomic mass is 10.2. The number of aryl methyl sites for hydroxylation is 2. The van der Waals surface area contributed by atoms with Crippen LogP contribution in [0.25, 0.3) is 0 Å². The van der Waals surface area contributed by atoms with Crippen molar-refractivity contribution in [2.24, 2.45) is 12.8 Å². The highest BCUT2D eigenvalue weighted by molar-refractivity contribution is 7.80. The van der Waals surface area contributed by atoms with Gasteiger partial charge in [0.2, 0.25) is 0 Å². The topological polar surface area (TPSA) is 69.9 Å². The summed E-state index contributed by atoms with van der Waals surface area (Å²) >= 11 is 4.87. The molecule has 0 saturated heterocycles. The van der Waals surface area contributed by atoms with Crippen LogP contribution in [0.5, 0.6) is 0 Å². The molecule has 1 aromatic rings. The van der Waals surface area contributed by atoms with Gasteiger partial charge in [-0.1, -0.05) is 25.6 Å². The lowest BCUT2D eigenvalue weighted by Crippen LogP contribution is -2.16. The van der Waals surface area contributed by atoms with Crippen molar-refractivity contribution < 1.29 is 0 Å². The Hall–Kier alpha value is -1.10. The van der Waals surface area contributed by atoms with Gasteiger partial charge in [-0.3, -0.25) is 4.68 Å². The Morgan fingerprint density at radius 2 is 2.23 bits per heavy atom. The van der Waals surface area contributed by atoms with E-state index in [4.69, 9.17) is 23.7 Å². The second-order valence-electron chi connectivity index (χ2n) is 2.95. The Morgan fingerprint density at radius 1 is 1.62 bits per heavy atom. The van der Waals surface area contributed by atoms with Crippen molar-refractivity contribution in [2.75, 3.05) is 5.73 Å². The molecule has 1 heterocycles. The maximum atomic E-state index is 5.84. The summed E-state index contributed by atoms with van der Waals surface area (Å²) < 4.78 is 1.64. The molecule has 72 valence electrons. The van der Waals surface area contributed by atoms with Gasteiger partial charge in [0.25, 0.3) is 0 Å². The van der Waals surface area contributed by atoms with Crippen LogP contribution in [0.1, 0.15) is 24.7 Å². The lowest BCUT2D eigenvalue weighted by molar-refractivity contribution is 0.728. The number of anilines is 1. The number of hydrogen-bond donors (Lipinski definition) is 2. The number of nitrogens with two attached hydrogens (primary N) is 2. The number of aromatic nitrogens is 2. The van der Waals surface area contributed by atoms with Gasteiger partial charge in [0.1, 0.15) is 10.7 Å². The molecule has 0 radical (unpaired) electrons. The monoisotopic (exact) mass is 198 g/mol. The van der Waals surface area contributed by atoms with E-state index in [2.05, 4.69) is 12.0 Å². The molecule has 0 unspecified atom stereocenters. The first-order valence-electron chi connectivity index (χ1n) is 4.19. The molecule has 0 amide bonds. The summed E-state index contributed by atoms with van der Waals surface area (Å²) in [7, 11) is 1.80. The first kappa shape index (κ1) is 9.98. The quantitative estimate of drug-likeness (QED) is 0.697. The fourth-order valence-electron chi connectivity index (χ4n) is 1.31. The van der Waals surface area contributed by atoms with Crippen LogP contribution in [0.2, 0.25) is 0 Å². The predicted molar refractivity (Wildman–Crippen MR) is 57.5 cm³/mol. The minimum absolute atomic E-state index is 0.301. The zero-order chi connectivity index (χ0) is 10.0. The van der Waals surface area contributed by atoms with Crippen molar-refractivity contribution in [1.82, 2.24) is 9.78 Å². The molecular weight excluding hydrogens is 184 g/mol.